The maximum atomic E-state index is 14.0. The summed E-state index contributed by atoms with van der Waals surface area (Å²) in [5.41, 5.74) is 3.03. The highest BCUT2D eigenvalue weighted by molar-refractivity contribution is 7.95. The second-order valence-corrected chi connectivity index (χ2v) is 16.8. The fraction of sp³-hybridized carbons (Fsp3) is 0.136. The van der Waals surface area contributed by atoms with Crippen LogP contribution in [0.2, 0.25) is 5.02 Å². The van der Waals surface area contributed by atoms with E-state index >= 15 is 0 Å². The number of carbonyl (C=O) groups excluding carboxylic acids is 3. The fourth-order valence-electron chi connectivity index (χ4n) is 6.54. The smallest absolute Gasteiger partial charge is 0.411 e. The van der Waals surface area contributed by atoms with Gasteiger partial charge in [-0.25, -0.2) is 4.79 Å². The van der Waals surface area contributed by atoms with Gasteiger partial charge in [0.15, 0.2) is 0 Å². The first-order chi connectivity index (χ1) is 25.8. The molecule has 2 amide bonds. The molecule has 2 N–H and O–H groups in total. The van der Waals surface area contributed by atoms with Crippen LogP contribution < -0.4 is 26.5 Å². The van der Waals surface area contributed by atoms with Gasteiger partial charge < -0.3 is 10.1 Å². The van der Waals surface area contributed by atoms with Crippen LogP contribution >= 0.6 is 18.9 Å². The fourth-order valence-corrected chi connectivity index (χ4v) is 11.0. The van der Waals surface area contributed by atoms with Gasteiger partial charge in [0.05, 0.1) is 24.0 Å². The summed E-state index contributed by atoms with van der Waals surface area (Å²) < 4.78 is 4.80. The van der Waals surface area contributed by atoms with Crippen LogP contribution in [0, 0.1) is 5.92 Å². The third-order valence-corrected chi connectivity index (χ3v) is 14.0. The standard InChI is InChI=1S/C44H39ClN3O4P/c1-31(14-13-27-53(36-17-6-3-7-18-36,37-19-8-4-9-20-37)38-21-10-5-11-22-38)43(50)48-41-29-35(47-44(51)52-2)24-25-39(41)32-15-12-16-33(28-32)42(49)40-26-23-34(45)30-46-40/h3-12,15-26,28-31H,13-14,27H2,1-2H3,(H-,47,48,50,51)/p+1. The van der Waals surface area contributed by atoms with Gasteiger partial charge in [0, 0.05) is 28.9 Å². The van der Waals surface area contributed by atoms with Crippen LogP contribution in [-0.4, -0.2) is 36.0 Å². The molecule has 1 heterocycles. The molecule has 0 saturated carbocycles. The van der Waals surface area contributed by atoms with Crippen LogP contribution in [0.3, 0.4) is 0 Å². The average molecular weight is 741 g/mol. The van der Waals surface area contributed by atoms with E-state index in [0.29, 0.717) is 39.5 Å². The van der Waals surface area contributed by atoms with Crippen molar-refractivity contribution in [3.8, 4) is 11.1 Å². The van der Waals surface area contributed by atoms with E-state index in [1.807, 2.05) is 13.0 Å². The molecular weight excluding hydrogens is 701 g/mol. The highest BCUT2D eigenvalue weighted by atomic mass is 35.5. The van der Waals surface area contributed by atoms with E-state index in [1.54, 1.807) is 48.5 Å². The first-order valence-electron chi connectivity index (χ1n) is 17.4. The number of amides is 2. The van der Waals surface area contributed by atoms with Gasteiger partial charge in [-0.2, -0.15) is 0 Å². The zero-order valence-electron chi connectivity index (χ0n) is 29.5. The lowest BCUT2D eigenvalue weighted by Crippen LogP contribution is -2.33. The van der Waals surface area contributed by atoms with E-state index in [2.05, 4.69) is 107 Å². The Bertz CT molecular complexity index is 2090. The minimum absolute atomic E-state index is 0.151. The molecule has 1 atom stereocenters. The number of hydrogen-bond acceptors (Lipinski definition) is 5. The highest BCUT2D eigenvalue weighted by Crippen LogP contribution is 2.56. The number of nitrogens with zero attached hydrogens (tertiary/aromatic N) is 1. The average Bonchev–Trinajstić information content (AvgIpc) is 3.20. The molecule has 1 unspecified atom stereocenters. The zero-order valence-corrected chi connectivity index (χ0v) is 31.2. The number of pyridine rings is 1. The molecular formula is C44H40ClN3O4P+. The lowest BCUT2D eigenvalue weighted by molar-refractivity contribution is -0.119. The number of ether oxygens (including phenoxy) is 1. The van der Waals surface area contributed by atoms with Gasteiger partial charge in [-0.15, -0.1) is 0 Å². The number of aromatic nitrogens is 1. The van der Waals surface area contributed by atoms with Crippen LogP contribution in [0.25, 0.3) is 11.1 Å². The summed E-state index contributed by atoms with van der Waals surface area (Å²) in [6.07, 6.45) is 3.19. The summed E-state index contributed by atoms with van der Waals surface area (Å²) in [6.45, 7) is 1.94. The Hall–Kier alpha value is -5.62. The predicted molar refractivity (Wildman–Crippen MR) is 218 cm³/mol. The molecule has 0 spiro atoms. The van der Waals surface area contributed by atoms with Crippen molar-refractivity contribution in [2.24, 2.45) is 5.92 Å². The number of carbonyl (C=O) groups is 3. The Morgan fingerprint density at radius 1 is 0.736 bits per heavy atom. The predicted octanol–water partition coefficient (Wildman–Crippen LogP) is 9.16. The second kappa shape index (κ2) is 17.3. The Morgan fingerprint density at radius 2 is 1.36 bits per heavy atom. The molecule has 5 aromatic carbocycles. The Balaban J connectivity index is 1.26. The van der Waals surface area contributed by atoms with Crippen molar-refractivity contribution >= 4 is 63.9 Å². The van der Waals surface area contributed by atoms with Crippen LogP contribution in [0.15, 0.2) is 152 Å². The highest BCUT2D eigenvalue weighted by Gasteiger charge is 2.44. The summed E-state index contributed by atoms with van der Waals surface area (Å²) in [5, 5.41) is 10.2. The van der Waals surface area contributed by atoms with Crippen molar-refractivity contribution in [2.75, 3.05) is 23.9 Å². The summed E-state index contributed by atoms with van der Waals surface area (Å²) in [6, 6.07) is 47.7. The minimum atomic E-state index is -2.04. The third-order valence-electron chi connectivity index (χ3n) is 9.27. The van der Waals surface area contributed by atoms with Gasteiger partial charge in [-0.1, -0.05) is 97.4 Å². The van der Waals surface area contributed by atoms with Crippen LogP contribution in [0.4, 0.5) is 16.2 Å². The normalized spacial score (nSPS) is 11.7. The molecule has 9 heteroatoms. The summed E-state index contributed by atoms with van der Waals surface area (Å²) in [4.78, 5) is 43.5. The molecule has 6 aromatic rings. The maximum absolute atomic E-state index is 14.0. The molecule has 266 valence electrons. The second-order valence-electron chi connectivity index (χ2n) is 12.7. The van der Waals surface area contributed by atoms with E-state index in [0.717, 1.165) is 12.6 Å². The molecule has 6 rings (SSSR count). The van der Waals surface area contributed by atoms with Gasteiger partial charge in [0.25, 0.3) is 0 Å². The number of benzene rings is 5. The van der Waals surface area contributed by atoms with Crippen molar-refractivity contribution in [3.05, 3.63) is 168 Å². The van der Waals surface area contributed by atoms with Gasteiger partial charge in [0.1, 0.15) is 28.9 Å². The van der Waals surface area contributed by atoms with Crippen molar-refractivity contribution in [1.29, 1.82) is 0 Å². The monoisotopic (exact) mass is 740 g/mol. The number of anilines is 2. The number of nitrogens with one attached hydrogen (secondary N) is 2. The summed E-state index contributed by atoms with van der Waals surface area (Å²) in [5.74, 6) is -0.734. The molecule has 0 saturated heterocycles. The molecule has 1 aromatic heterocycles. The van der Waals surface area contributed by atoms with Gasteiger partial charge in [-0.3, -0.25) is 19.9 Å². The van der Waals surface area contributed by atoms with Gasteiger partial charge >= 0.3 is 6.09 Å². The van der Waals surface area contributed by atoms with Crippen molar-refractivity contribution in [1.82, 2.24) is 4.98 Å². The SMILES string of the molecule is COC(=O)Nc1ccc(-c2cccc(C(=O)c3ccc(Cl)cn3)c2)c(NC(=O)C(C)CCC[P+](c2ccccc2)(c2ccccc2)c2ccccc2)c1. The van der Waals surface area contributed by atoms with Gasteiger partial charge in [0.2, 0.25) is 11.7 Å². The van der Waals surface area contributed by atoms with Crippen LogP contribution in [-0.2, 0) is 9.53 Å². The quantitative estimate of drug-likeness (QED) is 0.0910. The number of hydrogen-bond donors (Lipinski definition) is 2. The largest absolute Gasteiger partial charge is 0.453 e. The lowest BCUT2D eigenvalue weighted by atomic mass is 9.97. The molecule has 0 aliphatic carbocycles. The number of ketones is 1. The molecule has 7 nitrogen and oxygen atoms in total. The first kappa shape index (κ1) is 37.1. The Morgan fingerprint density at radius 3 is 1.92 bits per heavy atom. The number of halogens is 1. The number of rotatable bonds is 13. The zero-order chi connectivity index (χ0) is 37.2. The minimum Gasteiger partial charge on any atom is -0.453 e. The molecule has 0 bridgehead atoms. The van der Waals surface area contributed by atoms with E-state index in [1.165, 1.54) is 29.2 Å². The molecule has 0 radical (unpaired) electrons. The van der Waals surface area contributed by atoms with Crippen LogP contribution in [0.1, 0.15) is 35.8 Å². The summed E-state index contributed by atoms with van der Waals surface area (Å²) >= 11 is 5.99. The topological polar surface area (TPSA) is 97.4 Å². The Labute approximate surface area is 315 Å². The van der Waals surface area contributed by atoms with Crippen molar-refractivity contribution < 1.29 is 19.1 Å². The van der Waals surface area contributed by atoms with E-state index < -0.39 is 13.4 Å². The van der Waals surface area contributed by atoms with Crippen molar-refractivity contribution in [3.63, 3.8) is 0 Å². The molecule has 0 fully saturated rings. The Kier molecular flexibility index (Phi) is 12.1. The summed E-state index contributed by atoms with van der Waals surface area (Å²) in [7, 11) is -0.749. The maximum Gasteiger partial charge on any atom is 0.411 e. The van der Waals surface area contributed by atoms with Crippen molar-refractivity contribution in [2.45, 2.75) is 19.8 Å². The lowest BCUT2D eigenvalue weighted by Gasteiger charge is -2.28. The molecule has 0 aliphatic heterocycles. The molecule has 0 aliphatic rings. The van der Waals surface area contributed by atoms with E-state index in [9.17, 15) is 14.4 Å². The van der Waals surface area contributed by atoms with E-state index in [4.69, 9.17) is 16.3 Å². The molecule has 53 heavy (non-hydrogen) atoms. The van der Waals surface area contributed by atoms with Gasteiger partial charge in [-0.05, 0) is 85.1 Å². The number of methoxy groups -OCH3 is 1. The van der Waals surface area contributed by atoms with E-state index in [-0.39, 0.29) is 23.3 Å². The van der Waals surface area contributed by atoms with Crippen LogP contribution in [0.5, 0.6) is 0 Å². The third kappa shape index (κ3) is 8.72. The first-order valence-corrected chi connectivity index (χ1v) is 19.7.